The summed E-state index contributed by atoms with van der Waals surface area (Å²) in [5.74, 6) is 1.75. The second-order valence-corrected chi connectivity index (χ2v) is 10.2. The van der Waals surface area contributed by atoms with E-state index in [1.807, 2.05) is 42.5 Å². The van der Waals surface area contributed by atoms with Crippen molar-refractivity contribution in [2.24, 2.45) is 5.10 Å². The second kappa shape index (κ2) is 10.4. The van der Waals surface area contributed by atoms with Crippen LogP contribution in [0.5, 0.6) is 11.5 Å². The van der Waals surface area contributed by atoms with Gasteiger partial charge in [-0.25, -0.2) is 4.98 Å². The van der Waals surface area contributed by atoms with Gasteiger partial charge < -0.3 is 9.47 Å². The van der Waals surface area contributed by atoms with Gasteiger partial charge in [-0.15, -0.1) is 0 Å². The molecule has 0 amide bonds. The molecule has 0 aliphatic carbocycles. The maximum absolute atomic E-state index is 13.0. The molecule has 0 unspecified atom stereocenters. The number of aromatic nitrogens is 2. The van der Waals surface area contributed by atoms with Crippen LogP contribution in [0.25, 0.3) is 21.7 Å². The molecule has 0 radical (unpaired) electrons. The van der Waals surface area contributed by atoms with E-state index in [1.54, 1.807) is 26.3 Å². The van der Waals surface area contributed by atoms with Gasteiger partial charge in [0.1, 0.15) is 12.4 Å². The molecular weight excluding hydrogens is 633 g/mol. The predicted molar refractivity (Wildman–Crippen MR) is 155 cm³/mol. The lowest BCUT2D eigenvalue weighted by Crippen LogP contribution is -2.20. The third-order valence-electron chi connectivity index (χ3n) is 5.80. The van der Waals surface area contributed by atoms with Crippen LogP contribution in [-0.2, 0) is 6.61 Å². The number of halogens is 2. The Morgan fingerprint density at radius 2 is 1.86 bits per heavy atom. The molecule has 5 aromatic rings. The lowest BCUT2D eigenvalue weighted by Gasteiger charge is -2.14. The highest BCUT2D eigenvalue weighted by Gasteiger charge is 2.13. The Morgan fingerprint density at radius 1 is 1.06 bits per heavy atom. The Bertz CT molecular complexity index is 1690. The first-order valence-corrected chi connectivity index (χ1v) is 13.0. The largest absolute Gasteiger partial charge is 0.493 e. The van der Waals surface area contributed by atoms with Crippen molar-refractivity contribution >= 4 is 66.4 Å². The number of ether oxygens (including phenoxy) is 2. The minimum absolute atomic E-state index is 0.230. The fourth-order valence-corrected chi connectivity index (χ4v) is 5.19. The zero-order valence-corrected chi connectivity index (χ0v) is 23.3. The van der Waals surface area contributed by atoms with Crippen molar-refractivity contribution < 1.29 is 9.47 Å². The molecule has 4 aromatic carbocycles. The Kier molecular flexibility index (Phi) is 7.06. The van der Waals surface area contributed by atoms with Crippen LogP contribution in [0.3, 0.4) is 0 Å². The molecule has 0 N–H and O–H groups in total. The van der Waals surface area contributed by atoms with E-state index in [9.17, 15) is 4.79 Å². The molecule has 0 aliphatic rings. The maximum Gasteiger partial charge on any atom is 0.282 e. The van der Waals surface area contributed by atoms with Gasteiger partial charge >= 0.3 is 0 Å². The van der Waals surface area contributed by atoms with Crippen molar-refractivity contribution in [2.75, 3.05) is 7.11 Å². The highest BCUT2D eigenvalue weighted by Crippen LogP contribution is 2.34. The third-order valence-corrected chi connectivity index (χ3v) is 7.09. The number of aryl methyl sites for hydroxylation is 1. The average Bonchev–Trinajstić information content (AvgIpc) is 2.88. The van der Waals surface area contributed by atoms with E-state index in [4.69, 9.17) is 9.47 Å². The summed E-state index contributed by atoms with van der Waals surface area (Å²) in [4.78, 5) is 17.5. The Labute approximate surface area is 229 Å². The predicted octanol–water partition coefficient (Wildman–Crippen LogP) is 6.70. The lowest BCUT2D eigenvalue weighted by molar-refractivity contribution is 0.283. The molecular formula is C28H21BrIN3O3. The summed E-state index contributed by atoms with van der Waals surface area (Å²) in [7, 11) is 1.61. The van der Waals surface area contributed by atoms with Gasteiger partial charge in [-0.3, -0.25) is 4.79 Å². The molecule has 180 valence electrons. The first-order chi connectivity index (χ1) is 17.4. The monoisotopic (exact) mass is 653 g/mol. The van der Waals surface area contributed by atoms with E-state index >= 15 is 0 Å². The molecule has 6 nitrogen and oxygen atoms in total. The number of fused-ring (bicyclic) bond motifs is 2. The molecule has 0 aliphatic heterocycles. The van der Waals surface area contributed by atoms with Crippen LogP contribution in [0.15, 0.2) is 87.2 Å². The van der Waals surface area contributed by atoms with Crippen LogP contribution in [-0.4, -0.2) is 23.0 Å². The molecule has 0 saturated heterocycles. The summed E-state index contributed by atoms with van der Waals surface area (Å²) in [6, 6.07) is 23.7. The van der Waals surface area contributed by atoms with Crippen LogP contribution in [0.1, 0.15) is 17.0 Å². The third kappa shape index (κ3) is 4.87. The van der Waals surface area contributed by atoms with Crippen molar-refractivity contribution in [3.63, 3.8) is 0 Å². The van der Waals surface area contributed by atoms with Gasteiger partial charge in [-0.1, -0.05) is 58.4 Å². The highest BCUT2D eigenvalue weighted by atomic mass is 127. The molecule has 0 bridgehead atoms. The number of rotatable bonds is 6. The first kappa shape index (κ1) is 24.5. The minimum Gasteiger partial charge on any atom is -0.493 e. The summed E-state index contributed by atoms with van der Waals surface area (Å²) in [5.41, 5.74) is 2.28. The summed E-state index contributed by atoms with van der Waals surface area (Å²) in [6.07, 6.45) is 1.62. The standard InChI is InChI=1S/C28H21BrIN3O3/c1-17-32-25-11-10-21(29)14-23(25)28(34)33(17)31-15-18-12-24(30)27(26(13-18)35-2)36-16-20-8-5-7-19-6-3-4-9-22(19)20/h3-15H,16H2,1-2H3. The van der Waals surface area contributed by atoms with Gasteiger partial charge in [0, 0.05) is 4.47 Å². The quantitative estimate of drug-likeness (QED) is 0.151. The smallest absolute Gasteiger partial charge is 0.282 e. The van der Waals surface area contributed by atoms with Gasteiger partial charge in [0.25, 0.3) is 5.56 Å². The minimum atomic E-state index is -0.230. The van der Waals surface area contributed by atoms with E-state index in [0.29, 0.717) is 34.8 Å². The fourth-order valence-electron chi connectivity index (χ4n) is 4.04. The van der Waals surface area contributed by atoms with E-state index < -0.39 is 0 Å². The molecule has 0 spiro atoms. The van der Waals surface area contributed by atoms with Crippen molar-refractivity contribution in [2.45, 2.75) is 13.5 Å². The van der Waals surface area contributed by atoms with Crippen LogP contribution < -0.4 is 15.0 Å². The summed E-state index contributed by atoms with van der Waals surface area (Å²) in [5, 5.41) is 7.26. The Morgan fingerprint density at radius 3 is 2.69 bits per heavy atom. The van der Waals surface area contributed by atoms with Crippen LogP contribution in [0, 0.1) is 10.5 Å². The van der Waals surface area contributed by atoms with E-state index in [0.717, 1.165) is 24.6 Å². The molecule has 0 fully saturated rings. The summed E-state index contributed by atoms with van der Waals surface area (Å²) in [6.45, 7) is 2.17. The Hall–Kier alpha value is -3.24. The van der Waals surface area contributed by atoms with Crippen molar-refractivity contribution in [1.29, 1.82) is 0 Å². The van der Waals surface area contributed by atoms with Crippen molar-refractivity contribution in [3.05, 3.63) is 108 Å². The van der Waals surface area contributed by atoms with Crippen LogP contribution >= 0.6 is 38.5 Å². The molecule has 1 aromatic heterocycles. The summed E-state index contributed by atoms with van der Waals surface area (Å²) < 4.78 is 14.8. The topological polar surface area (TPSA) is 65.7 Å². The lowest BCUT2D eigenvalue weighted by atomic mass is 10.1. The van der Waals surface area contributed by atoms with Gasteiger partial charge in [0.2, 0.25) is 0 Å². The van der Waals surface area contributed by atoms with Gasteiger partial charge in [0.05, 0.1) is 27.8 Å². The highest BCUT2D eigenvalue weighted by molar-refractivity contribution is 14.1. The SMILES string of the molecule is COc1cc(C=Nn2c(C)nc3ccc(Br)cc3c2=O)cc(I)c1OCc1cccc2ccccc12. The van der Waals surface area contributed by atoms with Gasteiger partial charge in [0.15, 0.2) is 11.5 Å². The van der Waals surface area contributed by atoms with Crippen LogP contribution in [0.4, 0.5) is 0 Å². The number of nitrogens with zero attached hydrogens (tertiary/aromatic N) is 3. The van der Waals surface area contributed by atoms with E-state index in [2.05, 4.69) is 72.9 Å². The normalized spacial score (nSPS) is 11.4. The zero-order chi connectivity index (χ0) is 25.2. The molecule has 0 atom stereocenters. The molecule has 5 rings (SSSR count). The van der Waals surface area contributed by atoms with E-state index in [1.165, 1.54) is 10.1 Å². The zero-order valence-electron chi connectivity index (χ0n) is 19.5. The second-order valence-electron chi connectivity index (χ2n) is 8.14. The molecule has 1 heterocycles. The number of hydrogen-bond donors (Lipinski definition) is 0. The first-order valence-electron chi connectivity index (χ1n) is 11.1. The van der Waals surface area contributed by atoms with Crippen molar-refractivity contribution in [1.82, 2.24) is 9.66 Å². The van der Waals surface area contributed by atoms with E-state index in [-0.39, 0.29) is 5.56 Å². The fraction of sp³-hybridized carbons (Fsp3) is 0.107. The molecule has 0 saturated carbocycles. The Balaban J connectivity index is 1.44. The van der Waals surface area contributed by atoms with Gasteiger partial charge in [-0.05, 0) is 81.7 Å². The molecule has 8 heteroatoms. The van der Waals surface area contributed by atoms with Gasteiger partial charge in [-0.2, -0.15) is 9.78 Å². The van der Waals surface area contributed by atoms with Crippen molar-refractivity contribution in [3.8, 4) is 11.5 Å². The number of benzene rings is 4. The maximum atomic E-state index is 13.0. The summed E-state index contributed by atoms with van der Waals surface area (Å²) >= 11 is 5.64. The van der Waals surface area contributed by atoms with Crippen LogP contribution in [0.2, 0.25) is 0 Å². The number of methoxy groups -OCH3 is 1. The molecule has 36 heavy (non-hydrogen) atoms. The number of hydrogen-bond acceptors (Lipinski definition) is 5. The average molecular weight is 654 g/mol.